The van der Waals surface area contributed by atoms with Crippen molar-refractivity contribution >= 4 is 61.3 Å². The van der Waals surface area contributed by atoms with Gasteiger partial charge in [-0.25, -0.2) is 4.98 Å². The predicted molar refractivity (Wildman–Crippen MR) is 118 cm³/mol. The van der Waals surface area contributed by atoms with Crippen LogP contribution in [0.5, 0.6) is 17.2 Å². The van der Waals surface area contributed by atoms with Crippen molar-refractivity contribution in [1.29, 1.82) is 0 Å². The second kappa shape index (κ2) is 8.24. The van der Waals surface area contributed by atoms with Gasteiger partial charge in [-0.05, 0) is 41.6 Å². The molecule has 0 bridgehead atoms. The lowest BCUT2D eigenvalue weighted by atomic mass is 10.1. The predicted octanol–water partition coefficient (Wildman–Crippen LogP) is 3.82. The highest BCUT2D eigenvalue weighted by molar-refractivity contribution is 8.18. The van der Waals surface area contributed by atoms with E-state index in [1.54, 1.807) is 24.3 Å². The summed E-state index contributed by atoms with van der Waals surface area (Å²) in [4.78, 5) is 31.9. The third kappa shape index (κ3) is 4.15. The van der Waals surface area contributed by atoms with E-state index in [9.17, 15) is 20.0 Å². The van der Waals surface area contributed by atoms with Crippen LogP contribution < -0.4 is 14.8 Å². The number of phenolic OH excluding ortho intramolecular Hbond substituents is 1. The molecule has 0 unspecified atom stereocenters. The molecule has 0 saturated carbocycles. The highest BCUT2D eigenvalue weighted by Crippen LogP contribution is 2.39. The number of methoxy groups -OCH3 is 2. The number of hydrogen-bond acceptors (Lipinski definition) is 10. The largest absolute Gasteiger partial charge is 0.502 e. The van der Waals surface area contributed by atoms with Crippen LogP contribution in [0, 0.1) is 10.1 Å². The Morgan fingerprint density at radius 2 is 1.94 bits per heavy atom. The number of nitrogens with zero attached hydrogens (tertiary/aromatic N) is 3. The maximum absolute atomic E-state index is 12.4. The van der Waals surface area contributed by atoms with Crippen molar-refractivity contribution in [2.24, 2.45) is 4.99 Å². The fraction of sp³-hybridized carbons (Fsp3) is 0.105. The lowest BCUT2D eigenvalue weighted by Crippen LogP contribution is -2.19. The minimum atomic E-state index is -0.470. The molecule has 0 atom stereocenters. The molecule has 1 fully saturated rings. The fourth-order valence-corrected chi connectivity index (χ4v) is 4.53. The smallest absolute Gasteiger partial charge is 0.270 e. The van der Waals surface area contributed by atoms with Crippen LogP contribution in [0.15, 0.2) is 40.2 Å². The first-order valence-corrected chi connectivity index (χ1v) is 10.3. The summed E-state index contributed by atoms with van der Waals surface area (Å²) in [5.74, 6) is -0.0420. The maximum atomic E-state index is 12.4. The number of aliphatic imine (C=N–C) groups is 1. The lowest BCUT2D eigenvalue weighted by molar-refractivity contribution is -0.384. The van der Waals surface area contributed by atoms with Gasteiger partial charge in [0.2, 0.25) is 10.9 Å². The number of non-ortho nitro benzene ring substituents is 1. The van der Waals surface area contributed by atoms with Crippen LogP contribution >= 0.6 is 23.1 Å². The molecule has 12 heteroatoms. The Morgan fingerprint density at radius 3 is 2.58 bits per heavy atom. The zero-order chi connectivity index (χ0) is 22.1. The first-order chi connectivity index (χ1) is 14.9. The number of fused-ring (bicyclic) bond motifs is 1. The monoisotopic (exact) mass is 458 g/mol. The Labute approximate surface area is 183 Å². The average Bonchev–Trinajstić information content (AvgIpc) is 3.30. The van der Waals surface area contributed by atoms with Crippen molar-refractivity contribution in [2.75, 3.05) is 14.2 Å². The van der Waals surface area contributed by atoms with Crippen LogP contribution in [0.1, 0.15) is 5.56 Å². The molecule has 2 aromatic carbocycles. The molecule has 10 nitrogen and oxygen atoms in total. The summed E-state index contributed by atoms with van der Waals surface area (Å²) >= 11 is 2.31. The molecule has 3 aromatic rings. The summed E-state index contributed by atoms with van der Waals surface area (Å²) in [6, 6.07) is 7.54. The highest BCUT2D eigenvalue weighted by Gasteiger charge is 2.25. The number of carbonyl (C=O) groups is 1. The molecular weight excluding hydrogens is 444 g/mol. The van der Waals surface area contributed by atoms with Gasteiger partial charge in [-0.15, -0.1) is 0 Å². The number of carbonyl (C=O) groups excluding carboxylic acids is 1. The molecule has 0 aliphatic carbocycles. The second-order valence-electron chi connectivity index (χ2n) is 6.16. The van der Waals surface area contributed by atoms with Gasteiger partial charge in [-0.2, -0.15) is 4.99 Å². The zero-order valence-electron chi connectivity index (χ0n) is 16.1. The summed E-state index contributed by atoms with van der Waals surface area (Å²) < 4.78 is 10.9. The Hall–Kier alpha value is -3.64. The lowest BCUT2D eigenvalue weighted by Gasteiger charge is -2.09. The number of thioether (sulfide) groups is 1. The molecule has 1 aliphatic heterocycles. The number of aromatic hydroxyl groups is 1. The van der Waals surface area contributed by atoms with Crippen molar-refractivity contribution in [2.45, 2.75) is 0 Å². The number of aromatic nitrogens is 1. The molecule has 2 N–H and O–H groups in total. The Kier molecular flexibility index (Phi) is 5.48. The van der Waals surface area contributed by atoms with Gasteiger partial charge in [-0.3, -0.25) is 14.9 Å². The van der Waals surface area contributed by atoms with Gasteiger partial charge in [0.15, 0.2) is 16.7 Å². The van der Waals surface area contributed by atoms with Crippen molar-refractivity contribution in [3.63, 3.8) is 0 Å². The Bertz CT molecular complexity index is 1260. The second-order valence-corrected chi connectivity index (χ2v) is 8.20. The third-order valence-electron chi connectivity index (χ3n) is 4.22. The van der Waals surface area contributed by atoms with Crippen molar-refractivity contribution in [1.82, 2.24) is 10.3 Å². The molecule has 31 heavy (non-hydrogen) atoms. The number of nitrogens with one attached hydrogen (secondary N) is 1. The van der Waals surface area contributed by atoms with E-state index < -0.39 is 4.92 Å². The normalized spacial score (nSPS) is 16.1. The van der Waals surface area contributed by atoms with E-state index >= 15 is 0 Å². The van der Waals surface area contributed by atoms with Crippen LogP contribution in [0.3, 0.4) is 0 Å². The molecule has 1 saturated heterocycles. The minimum absolute atomic E-state index is 0.0242. The number of amides is 1. The molecule has 2 heterocycles. The van der Waals surface area contributed by atoms with E-state index in [1.165, 1.54) is 37.7 Å². The Morgan fingerprint density at radius 1 is 1.23 bits per heavy atom. The molecule has 1 aromatic heterocycles. The van der Waals surface area contributed by atoms with Gasteiger partial charge in [0, 0.05) is 12.1 Å². The Balaban J connectivity index is 1.61. The van der Waals surface area contributed by atoms with Crippen LogP contribution in [0.25, 0.3) is 16.3 Å². The van der Waals surface area contributed by atoms with Gasteiger partial charge >= 0.3 is 0 Å². The maximum Gasteiger partial charge on any atom is 0.270 e. The quantitative estimate of drug-likeness (QED) is 0.335. The molecule has 0 radical (unpaired) electrons. The highest BCUT2D eigenvalue weighted by atomic mass is 32.2. The fourth-order valence-electron chi connectivity index (χ4n) is 2.78. The number of thiazole rings is 1. The topological polar surface area (TPSA) is 136 Å². The van der Waals surface area contributed by atoms with E-state index in [-0.39, 0.29) is 28.8 Å². The number of amidine groups is 1. The van der Waals surface area contributed by atoms with Crippen molar-refractivity contribution < 1.29 is 24.3 Å². The number of phenols is 1. The van der Waals surface area contributed by atoms with Crippen LogP contribution in [0.4, 0.5) is 10.8 Å². The minimum Gasteiger partial charge on any atom is -0.502 e. The van der Waals surface area contributed by atoms with E-state index in [0.717, 1.165) is 11.8 Å². The zero-order valence-corrected chi connectivity index (χ0v) is 17.7. The van der Waals surface area contributed by atoms with E-state index in [2.05, 4.69) is 15.3 Å². The van der Waals surface area contributed by atoms with Crippen molar-refractivity contribution in [3.05, 3.63) is 50.9 Å². The molecule has 0 spiro atoms. The van der Waals surface area contributed by atoms with E-state index in [4.69, 9.17) is 9.47 Å². The van der Waals surface area contributed by atoms with Gasteiger partial charge in [0.25, 0.3) is 11.6 Å². The average molecular weight is 458 g/mol. The molecule has 1 aliphatic rings. The number of hydrogen-bond donors (Lipinski definition) is 2. The van der Waals surface area contributed by atoms with Gasteiger partial charge < -0.3 is 19.9 Å². The summed E-state index contributed by atoms with van der Waals surface area (Å²) in [5.41, 5.74) is 1.16. The SMILES string of the molecule is COc1cc(/C=C2/S/C(=N/c3nc4ccc([N+](=O)[O-])cc4s3)NC2=O)cc(OC)c1O. The summed E-state index contributed by atoms with van der Waals surface area (Å²) in [5, 5.41) is 24.3. The van der Waals surface area contributed by atoms with Crippen LogP contribution in [-0.2, 0) is 4.79 Å². The summed E-state index contributed by atoms with van der Waals surface area (Å²) in [6.45, 7) is 0. The van der Waals surface area contributed by atoms with Crippen molar-refractivity contribution in [3.8, 4) is 17.2 Å². The van der Waals surface area contributed by atoms with E-state index in [0.29, 0.717) is 31.0 Å². The first kappa shape index (κ1) is 20.6. The molecule has 1 amide bonds. The molecule has 4 rings (SSSR count). The van der Waals surface area contributed by atoms with E-state index in [1.807, 2.05) is 0 Å². The summed E-state index contributed by atoms with van der Waals surface area (Å²) in [6.07, 6.45) is 1.62. The molecule has 158 valence electrons. The number of nitro benzene ring substituents is 1. The number of benzene rings is 2. The summed E-state index contributed by atoms with van der Waals surface area (Å²) in [7, 11) is 2.83. The van der Waals surface area contributed by atoms with Crippen LogP contribution in [-0.4, -0.2) is 40.3 Å². The van der Waals surface area contributed by atoms with Gasteiger partial charge in [0.1, 0.15) is 0 Å². The number of nitro groups is 1. The van der Waals surface area contributed by atoms with Gasteiger partial charge in [-0.1, -0.05) is 11.3 Å². The van der Waals surface area contributed by atoms with Crippen LogP contribution in [0.2, 0.25) is 0 Å². The van der Waals surface area contributed by atoms with Gasteiger partial charge in [0.05, 0.1) is 34.3 Å². The third-order valence-corrected chi connectivity index (χ3v) is 6.04. The standard InChI is InChI=1S/C19H14N4O6S2/c1-28-12-5-9(6-13(29-2)16(12)24)7-15-17(25)21-19(31-15)22-18-20-11-4-3-10(23(26)27)8-14(11)30-18/h3-8,24H,1-2H3,(H,20,21,22,25)/b15-7+. The number of ether oxygens (including phenoxy) is 2. The molecular formula is C19H14N4O6S2. The first-order valence-electron chi connectivity index (χ1n) is 8.67. The number of rotatable bonds is 5.